The fourth-order valence-corrected chi connectivity index (χ4v) is 1.89. The van der Waals surface area contributed by atoms with Crippen molar-refractivity contribution in [2.75, 3.05) is 0 Å². The number of nitrogens with one attached hydrogen (secondary N) is 1. The van der Waals surface area contributed by atoms with E-state index in [9.17, 15) is 0 Å². The van der Waals surface area contributed by atoms with Crippen LogP contribution in [0.25, 0.3) is 10.9 Å². The van der Waals surface area contributed by atoms with Crippen LogP contribution in [0.15, 0.2) is 42.6 Å². The van der Waals surface area contributed by atoms with E-state index in [1.54, 1.807) is 0 Å². The van der Waals surface area contributed by atoms with Gasteiger partial charge in [0.2, 0.25) is 0 Å². The second-order valence-electron chi connectivity index (χ2n) is 4.19. The molecule has 0 saturated carbocycles. The van der Waals surface area contributed by atoms with Gasteiger partial charge in [-0.1, -0.05) is 30.4 Å². The SMILES string of the molecule is CC(N)/C=C/CCc1c[nH]c2ccccc12. The molecule has 16 heavy (non-hydrogen) atoms. The van der Waals surface area contributed by atoms with Gasteiger partial charge in [0.25, 0.3) is 0 Å². The zero-order chi connectivity index (χ0) is 11.4. The summed E-state index contributed by atoms with van der Waals surface area (Å²) < 4.78 is 0. The Morgan fingerprint density at radius 2 is 2.19 bits per heavy atom. The summed E-state index contributed by atoms with van der Waals surface area (Å²) >= 11 is 0. The summed E-state index contributed by atoms with van der Waals surface area (Å²) in [5.74, 6) is 0. The first-order valence-electron chi connectivity index (χ1n) is 5.74. The molecule has 84 valence electrons. The Kier molecular flexibility index (Phi) is 3.42. The molecule has 1 atom stereocenters. The van der Waals surface area contributed by atoms with Gasteiger partial charge in [-0.3, -0.25) is 0 Å². The second kappa shape index (κ2) is 4.99. The van der Waals surface area contributed by atoms with Gasteiger partial charge in [-0.05, 0) is 31.4 Å². The minimum atomic E-state index is 0.156. The highest BCUT2D eigenvalue weighted by atomic mass is 14.7. The van der Waals surface area contributed by atoms with Crippen LogP contribution in [0.2, 0.25) is 0 Å². The summed E-state index contributed by atoms with van der Waals surface area (Å²) in [6.07, 6.45) is 8.42. The van der Waals surface area contributed by atoms with Crippen LogP contribution in [-0.2, 0) is 6.42 Å². The maximum absolute atomic E-state index is 5.65. The standard InChI is InChI=1S/C14H18N2/c1-11(15)6-2-3-7-12-10-16-14-9-5-4-8-13(12)14/h2,4-6,8-11,16H,3,7,15H2,1H3/b6-2+. The summed E-state index contributed by atoms with van der Waals surface area (Å²) in [6.45, 7) is 1.99. The van der Waals surface area contributed by atoms with E-state index in [0.29, 0.717) is 0 Å². The van der Waals surface area contributed by atoms with Crippen LogP contribution >= 0.6 is 0 Å². The molecule has 0 fully saturated rings. The number of para-hydroxylation sites is 1. The molecule has 0 aliphatic carbocycles. The molecule has 0 radical (unpaired) electrons. The van der Waals surface area contributed by atoms with E-state index in [4.69, 9.17) is 5.73 Å². The zero-order valence-electron chi connectivity index (χ0n) is 9.61. The molecular formula is C14H18N2. The van der Waals surface area contributed by atoms with Crippen molar-refractivity contribution in [2.45, 2.75) is 25.8 Å². The first kappa shape index (κ1) is 11.0. The summed E-state index contributed by atoms with van der Waals surface area (Å²) in [6, 6.07) is 8.56. The summed E-state index contributed by atoms with van der Waals surface area (Å²) in [5.41, 5.74) is 8.25. The third-order valence-electron chi connectivity index (χ3n) is 2.69. The predicted octanol–water partition coefficient (Wildman–Crippen LogP) is 3.00. The Hall–Kier alpha value is -1.54. The predicted molar refractivity (Wildman–Crippen MR) is 69.4 cm³/mol. The highest BCUT2D eigenvalue weighted by Crippen LogP contribution is 2.18. The molecular weight excluding hydrogens is 196 g/mol. The lowest BCUT2D eigenvalue weighted by Gasteiger charge is -1.97. The highest BCUT2D eigenvalue weighted by Gasteiger charge is 2.00. The third-order valence-corrected chi connectivity index (χ3v) is 2.69. The topological polar surface area (TPSA) is 41.8 Å². The average molecular weight is 214 g/mol. The number of benzene rings is 1. The maximum atomic E-state index is 5.65. The monoisotopic (exact) mass is 214 g/mol. The summed E-state index contributed by atoms with van der Waals surface area (Å²) in [7, 11) is 0. The second-order valence-corrected chi connectivity index (χ2v) is 4.19. The van der Waals surface area contributed by atoms with Gasteiger partial charge in [0.15, 0.2) is 0 Å². The molecule has 1 heterocycles. The van der Waals surface area contributed by atoms with Crippen LogP contribution in [0.1, 0.15) is 18.9 Å². The number of nitrogens with two attached hydrogens (primary N) is 1. The molecule has 1 unspecified atom stereocenters. The van der Waals surface area contributed by atoms with Crippen LogP contribution in [0.5, 0.6) is 0 Å². The summed E-state index contributed by atoms with van der Waals surface area (Å²) in [5, 5.41) is 1.33. The molecule has 0 aliphatic heterocycles. The lowest BCUT2D eigenvalue weighted by Crippen LogP contribution is -2.10. The lowest BCUT2D eigenvalue weighted by molar-refractivity contribution is 0.907. The smallest absolute Gasteiger partial charge is 0.0456 e. The van der Waals surface area contributed by atoms with Crippen LogP contribution in [0, 0.1) is 0 Å². The van der Waals surface area contributed by atoms with Crippen LogP contribution in [-0.4, -0.2) is 11.0 Å². The van der Waals surface area contributed by atoms with E-state index in [-0.39, 0.29) is 6.04 Å². The van der Waals surface area contributed by atoms with E-state index in [1.165, 1.54) is 16.5 Å². The molecule has 0 amide bonds. The highest BCUT2D eigenvalue weighted by molar-refractivity contribution is 5.82. The lowest BCUT2D eigenvalue weighted by atomic mass is 10.1. The first-order valence-corrected chi connectivity index (χ1v) is 5.74. The maximum Gasteiger partial charge on any atom is 0.0456 e. The fourth-order valence-electron chi connectivity index (χ4n) is 1.89. The number of aromatic amines is 1. The van der Waals surface area contributed by atoms with Crippen molar-refractivity contribution in [3.63, 3.8) is 0 Å². The van der Waals surface area contributed by atoms with Gasteiger partial charge in [-0.15, -0.1) is 0 Å². The Morgan fingerprint density at radius 3 is 3.00 bits per heavy atom. The molecule has 1 aromatic heterocycles. The first-order chi connectivity index (χ1) is 7.77. The number of H-pyrrole nitrogens is 1. The number of aryl methyl sites for hydroxylation is 1. The third kappa shape index (κ3) is 2.52. The van der Waals surface area contributed by atoms with Crippen molar-refractivity contribution in [3.8, 4) is 0 Å². The molecule has 1 aromatic carbocycles. The minimum absolute atomic E-state index is 0.156. The van der Waals surface area contributed by atoms with Crippen molar-refractivity contribution in [2.24, 2.45) is 5.73 Å². The van der Waals surface area contributed by atoms with Crippen LogP contribution < -0.4 is 5.73 Å². The van der Waals surface area contributed by atoms with Gasteiger partial charge in [0.05, 0.1) is 0 Å². The Balaban J connectivity index is 2.05. The quantitative estimate of drug-likeness (QED) is 0.755. The van der Waals surface area contributed by atoms with Crippen LogP contribution in [0.4, 0.5) is 0 Å². The van der Waals surface area contributed by atoms with Crippen molar-refractivity contribution in [3.05, 3.63) is 48.2 Å². The number of hydrogen-bond donors (Lipinski definition) is 2. The molecule has 0 aliphatic rings. The summed E-state index contributed by atoms with van der Waals surface area (Å²) in [4.78, 5) is 3.29. The number of hydrogen-bond acceptors (Lipinski definition) is 1. The van der Waals surface area contributed by atoms with Crippen molar-refractivity contribution in [1.82, 2.24) is 4.98 Å². The zero-order valence-corrected chi connectivity index (χ0v) is 9.61. The number of aromatic nitrogens is 1. The Bertz CT molecular complexity index is 480. The van der Waals surface area contributed by atoms with Gasteiger partial charge in [-0.25, -0.2) is 0 Å². The Morgan fingerprint density at radius 1 is 1.38 bits per heavy atom. The number of allylic oxidation sites excluding steroid dienone is 1. The largest absolute Gasteiger partial charge is 0.361 e. The number of rotatable bonds is 4. The van der Waals surface area contributed by atoms with Gasteiger partial charge >= 0.3 is 0 Å². The molecule has 2 rings (SSSR count). The van der Waals surface area contributed by atoms with E-state index >= 15 is 0 Å². The molecule has 0 spiro atoms. The fraction of sp³-hybridized carbons (Fsp3) is 0.286. The molecule has 0 saturated heterocycles. The molecule has 0 bridgehead atoms. The number of fused-ring (bicyclic) bond motifs is 1. The van der Waals surface area contributed by atoms with Gasteiger partial charge in [0, 0.05) is 23.1 Å². The normalized spacial score (nSPS) is 13.6. The van der Waals surface area contributed by atoms with E-state index < -0.39 is 0 Å². The molecule has 2 nitrogen and oxygen atoms in total. The van der Waals surface area contributed by atoms with Gasteiger partial charge in [0.1, 0.15) is 0 Å². The Labute approximate surface area is 96.2 Å². The van der Waals surface area contributed by atoms with Gasteiger partial charge in [-0.2, -0.15) is 0 Å². The van der Waals surface area contributed by atoms with Crippen LogP contribution in [0.3, 0.4) is 0 Å². The molecule has 2 heteroatoms. The van der Waals surface area contributed by atoms with Gasteiger partial charge < -0.3 is 10.7 Å². The van der Waals surface area contributed by atoms with E-state index in [2.05, 4.69) is 47.6 Å². The van der Waals surface area contributed by atoms with Crippen molar-refractivity contribution in [1.29, 1.82) is 0 Å². The molecule has 3 N–H and O–H groups in total. The van der Waals surface area contributed by atoms with E-state index in [0.717, 1.165) is 12.8 Å². The molecule has 2 aromatic rings. The van der Waals surface area contributed by atoms with Crippen molar-refractivity contribution >= 4 is 10.9 Å². The van der Waals surface area contributed by atoms with Crippen molar-refractivity contribution < 1.29 is 0 Å². The van der Waals surface area contributed by atoms with E-state index in [1.807, 2.05) is 6.92 Å². The average Bonchev–Trinajstić information content (AvgIpc) is 2.68. The minimum Gasteiger partial charge on any atom is -0.361 e.